The van der Waals surface area contributed by atoms with Crippen LogP contribution in [0.25, 0.3) is 5.69 Å². The fourth-order valence-corrected chi connectivity index (χ4v) is 3.78. The Morgan fingerprint density at radius 2 is 2.00 bits per heavy atom. The van der Waals surface area contributed by atoms with E-state index in [4.69, 9.17) is 16.3 Å². The van der Waals surface area contributed by atoms with Gasteiger partial charge in [-0.1, -0.05) is 23.7 Å². The molecular formula is C16H13ClN4O5S. The van der Waals surface area contributed by atoms with Crippen LogP contribution in [0.4, 0.5) is 11.4 Å². The van der Waals surface area contributed by atoms with Crippen LogP contribution in [0, 0.1) is 10.1 Å². The largest absolute Gasteiger partial charge is 0.495 e. The molecular weight excluding hydrogens is 396 g/mol. The number of aromatic nitrogens is 2. The number of sulfonamides is 1. The molecule has 1 aromatic heterocycles. The monoisotopic (exact) mass is 408 g/mol. The minimum atomic E-state index is -4.16. The molecule has 2 aromatic carbocycles. The van der Waals surface area contributed by atoms with Crippen LogP contribution in [-0.4, -0.2) is 30.2 Å². The Balaban J connectivity index is 1.95. The fraction of sp³-hybridized carbons (Fsp3) is 0.0625. The molecule has 27 heavy (non-hydrogen) atoms. The molecule has 0 aliphatic carbocycles. The van der Waals surface area contributed by atoms with Gasteiger partial charge in [-0.2, -0.15) is 5.10 Å². The second kappa shape index (κ2) is 7.25. The summed E-state index contributed by atoms with van der Waals surface area (Å²) in [5.41, 5.74) is 0.351. The third-order valence-corrected chi connectivity index (χ3v) is 5.30. The molecule has 0 unspecified atom stereocenters. The summed E-state index contributed by atoms with van der Waals surface area (Å²) >= 11 is 6.10. The number of benzene rings is 2. The van der Waals surface area contributed by atoms with E-state index < -0.39 is 14.9 Å². The fourth-order valence-electron chi connectivity index (χ4n) is 2.34. The Kier molecular flexibility index (Phi) is 5.02. The van der Waals surface area contributed by atoms with Crippen molar-refractivity contribution in [1.82, 2.24) is 9.78 Å². The molecule has 0 spiro atoms. The van der Waals surface area contributed by atoms with Gasteiger partial charge in [0.15, 0.2) is 0 Å². The molecule has 1 heterocycles. The first-order valence-corrected chi connectivity index (χ1v) is 9.33. The van der Waals surface area contributed by atoms with Crippen molar-refractivity contribution in [2.75, 3.05) is 11.8 Å². The highest BCUT2D eigenvalue weighted by atomic mass is 35.5. The number of non-ortho nitro benzene ring substituents is 1. The third-order valence-electron chi connectivity index (χ3n) is 3.58. The van der Waals surface area contributed by atoms with E-state index in [9.17, 15) is 18.5 Å². The van der Waals surface area contributed by atoms with Gasteiger partial charge in [0.25, 0.3) is 15.7 Å². The average Bonchev–Trinajstić information content (AvgIpc) is 3.08. The van der Waals surface area contributed by atoms with E-state index in [0.717, 1.165) is 12.1 Å². The van der Waals surface area contributed by atoms with E-state index in [-0.39, 0.29) is 22.0 Å². The van der Waals surface area contributed by atoms with Crippen LogP contribution in [0.5, 0.6) is 5.75 Å². The highest BCUT2D eigenvalue weighted by Gasteiger charge is 2.24. The lowest BCUT2D eigenvalue weighted by molar-refractivity contribution is -0.385. The molecule has 0 aliphatic rings. The molecule has 11 heteroatoms. The lowest BCUT2D eigenvalue weighted by Gasteiger charge is -2.10. The molecule has 0 saturated heterocycles. The van der Waals surface area contributed by atoms with Gasteiger partial charge >= 0.3 is 0 Å². The Morgan fingerprint density at radius 3 is 2.67 bits per heavy atom. The molecule has 0 saturated carbocycles. The Labute approximate surface area is 159 Å². The number of halogens is 1. The van der Waals surface area contributed by atoms with Crippen molar-refractivity contribution in [3.63, 3.8) is 0 Å². The van der Waals surface area contributed by atoms with Crippen LogP contribution in [0.15, 0.2) is 59.8 Å². The number of anilines is 1. The van der Waals surface area contributed by atoms with Gasteiger partial charge in [0.1, 0.15) is 10.6 Å². The molecule has 0 radical (unpaired) electrons. The zero-order valence-corrected chi connectivity index (χ0v) is 15.4. The summed E-state index contributed by atoms with van der Waals surface area (Å²) in [7, 11) is -2.88. The van der Waals surface area contributed by atoms with Gasteiger partial charge in [0.2, 0.25) is 0 Å². The second-order valence-corrected chi connectivity index (χ2v) is 7.38. The van der Waals surface area contributed by atoms with Gasteiger partial charge in [-0.15, -0.1) is 0 Å². The van der Waals surface area contributed by atoms with Crippen LogP contribution in [0.1, 0.15) is 0 Å². The van der Waals surface area contributed by atoms with Crippen molar-refractivity contribution in [2.45, 2.75) is 4.90 Å². The van der Waals surface area contributed by atoms with Crippen LogP contribution in [-0.2, 0) is 10.0 Å². The first-order chi connectivity index (χ1) is 12.8. The first kappa shape index (κ1) is 18.7. The summed E-state index contributed by atoms with van der Waals surface area (Å²) in [6.45, 7) is 0. The van der Waals surface area contributed by atoms with Crippen molar-refractivity contribution >= 4 is 33.0 Å². The summed E-state index contributed by atoms with van der Waals surface area (Å²) in [5.74, 6) is -0.0217. The van der Waals surface area contributed by atoms with Gasteiger partial charge < -0.3 is 4.74 Å². The van der Waals surface area contributed by atoms with Crippen molar-refractivity contribution in [3.05, 3.63) is 70.0 Å². The van der Waals surface area contributed by atoms with Gasteiger partial charge in [-0.25, -0.2) is 13.1 Å². The Bertz CT molecular complexity index is 1110. The van der Waals surface area contributed by atoms with Crippen molar-refractivity contribution in [1.29, 1.82) is 0 Å². The normalized spacial score (nSPS) is 11.2. The van der Waals surface area contributed by atoms with Gasteiger partial charge in [-0.05, 0) is 18.2 Å². The Hall–Kier alpha value is -3.11. The molecule has 0 atom stereocenters. The molecule has 9 nitrogen and oxygen atoms in total. The van der Waals surface area contributed by atoms with E-state index in [2.05, 4.69) is 9.82 Å². The van der Waals surface area contributed by atoms with Gasteiger partial charge in [0.05, 0.1) is 40.8 Å². The van der Waals surface area contributed by atoms with Crippen LogP contribution in [0.2, 0.25) is 5.02 Å². The molecule has 0 aliphatic heterocycles. The summed E-state index contributed by atoms with van der Waals surface area (Å²) in [5, 5.41) is 15.5. The van der Waals surface area contributed by atoms with E-state index >= 15 is 0 Å². The van der Waals surface area contributed by atoms with E-state index in [1.807, 2.05) is 0 Å². The number of nitro benzene ring substituents is 1. The number of rotatable bonds is 6. The van der Waals surface area contributed by atoms with E-state index in [1.54, 1.807) is 24.3 Å². The lowest BCUT2D eigenvalue weighted by atomic mass is 10.3. The summed E-state index contributed by atoms with van der Waals surface area (Å²) in [4.78, 5) is 9.91. The highest BCUT2D eigenvalue weighted by Crippen LogP contribution is 2.30. The topological polar surface area (TPSA) is 116 Å². The molecule has 140 valence electrons. The van der Waals surface area contributed by atoms with Gasteiger partial charge in [-0.3, -0.25) is 14.8 Å². The standard InChI is InChI=1S/C16H13ClN4O5S/c1-26-15-7-6-12(21(22)23)8-16(15)27(24,25)19-11-9-18-20(10-11)14-5-3-2-4-13(14)17/h2-10,19H,1H3. The van der Waals surface area contributed by atoms with Crippen LogP contribution in [0.3, 0.4) is 0 Å². The first-order valence-electron chi connectivity index (χ1n) is 7.46. The zero-order valence-electron chi connectivity index (χ0n) is 13.9. The minimum absolute atomic E-state index is 0.0217. The number of methoxy groups -OCH3 is 1. The van der Waals surface area contributed by atoms with E-state index in [1.165, 1.54) is 30.3 Å². The van der Waals surface area contributed by atoms with Crippen LogP contribution >= 0.6 is 11.6 Å². The number of ether oxygens (including phenoxy) is 1. The summed E-state index contributed by atoms with van der Waals surface area (Å²) in [6.07, 6.45) is 2.73. The van der Waals surface area contributed by atoms with Crippen molar-refractivity contribution < 1.29 is 18.1 Å². The second-order valence-electron chi connectivity index (χ2n) is 5.32. The maximum atomic E-state index is 12.7. The SMILES string of the molecule is COc1ccc([N+](=O)[O-])cc1S(=O)(=O)Nc1cnn(-c2ccccc2Cl)c1. The maximum absolute atomic E-state index is 12.7. The van der Waals surface area contributed by atoms with Crippen molar-refractivity contribution in [3.8, 4) is 11.4 Å². The predicted molar refractivity (Wildman–Crippen MR) is 99.0 cm³/mol. The maximum Gasteiger partial charge on any atom is 0.271 e. The minimum Gasteiger partial charge on any atom is -0.495 e. The number of nitrogens with one attached hydrogen (secondary N) is 1. The lowest BCUT2D eigenvalue weighted by Crippen LogP contribution is -2.14. The molecule has 1 N–H and O–H groups in total. The molecule has 0 amide bonds. The van der Waals surface area contributed by atoms with Crippen LogP contribution < -0.4 is 9.46 Å². The van der Waals surface area contributed by atoms with Gasteiger partial charge in [0, 0.05) is 12.1 Å². The molecule has 0 fully saturated rings. The number of para-hydroxylation sites is 1. The van der Waals surface area contributed by atoms with Crippen molar-refractivity contribution in [2.24, 2.45) is 0 Å². The third kappa shape index (κ3) is 3.86. The molecule has 0 bridgehead atoms. The quantitative estimate of drug-likeness (QED) is 0.494. The smallest absolute Gasteiger partial charge is 0.271 e. The Morgan fingerprint density at radius 1 is 1.26 bits per heavy atom. The number of hydrogen-bond donors (Lipinski definition) is 1. The molecule has 3 aromatic rings. The average molecular weight is 409 g/mol. The molecule has 3 rings (SSSR count). The zero-order chi connectivity index (χ0) is 19.6. The number of nitro groups is 1. The summed E-state index contributed by atoms with van der Waals surface area (Å²) < 4.78 is 34.1. The number of hydrogen-bond acceptors (Lipinski definition) is 6. The summed E-state index contributed by atoms with van der Waals surface area (Å²) in [6, 6.07) is 10.2. The van der Waals surface area contributed by atoms with E-state index in [0.29, 0.717) is 10.7 Å². The highest BCUT2D eigenvalue weighted by molar-refractivity contribution is 7.92. The predicted octanol–water partition coefficient (Wildman–Crippen LogP) is 3.24. The number of nitrogens with zero attached hydrogens (tertiary/aromatic N) is 3.